The van der Waals surface area contributed by atoms with E-state index in [4.69, 9.17) is 18.9 Å². The number of rotatable bonds is 15. The van der Waals surface area contributed by atoms with E-state index in [-0.39, 0.29) is 12.6 Å². The number of hydrogen-bond acceptors (Lipinski definition) is 5. The van der Waals surface area contributed by atoms with Crippen molar-refractivity contribution >= 4 is 5.97 Å². The van der Waals surface area contributed by atoms with Crippen LogP contribution in [0.5, 0.6) is 0 Å². The third-order valence-corrected chi connectivity index (χ3v) is 3.74. The van der Waals surface area contributed by atoms with Gasteiger partial charge >= 0.3 is 5.97 Å². The largest absolute Gasteiger partial charge is 0.499 e. The molecule has 1 aromatic rings. The van der Waals surface area contributed by atoms with Gasteiger partial charge in [0.05, 0.1) is 38.3 Å². The predicted molar refractivity (Wildman–Crippen MR) is 102 cm³/mol. The van der Waals surface area contributed by atoms with E-state index in [1.807, 2.05) is 12.3 Å². The van der Waals surface area contributed by atoms with Crippen LogP contribution >= 0.6 is 0 Å². The van der Waals surface area contributed by atoms with Crippen LogP contribution in [0.15, 0.2) is 42.2 Å². The first-order valence-corrected chi connectivity index (χ1v) is 9.45. The molecular weight excluding hydrogens is 332 g/mol. The summed E-state index contributed by atoms with van der Waals surface area (Å²) in [5, 5.41) is 0. The molecule has 0 radical (unpaired) electrons. The fourth-order valence-electron chi connectivity index (χ4n) is 2.18. The zero-order valence-corrected chi connectivity index (χ0v) is 16.1. The molecule has 0 spiro atoms. The first kappa shape index (κ1) is 22.2. The van der Waals surface area contributed by atoms with Gasteiger partial charge < -0.3 is 18.9 Å². The fraction of sp³-hybridized carbons (Fsp3) is 0.571. The number of benzene rings is 1. The highest BCUT2D eigenvalue weighted by Gasteiger charge is 2.04. The Labute approximate surface area is 157 Å². The maximum absolute atomic E-state index is 11.7. The monoisotopic (exact) mass is 364 g/mol. The van der Waals surface area contributed by atoms with Gasteiger partial charge in [0.25, 0.3) is 0 Å². The summed E-state index contributed by atoms with van der Waals surface area (Å²) in [5.74, 6) is -0.332. The summed E-state index contributed by atoms with van der Waals surface area (Å²) < 4.78 is 21.4. The first-order chi connectivity index (χ1) is 12.8. The molecule has 146 valence electrons. The molecule has 0 aliphatic heterocycles. The summed E-state index contributed by atoms with van der Waals surface area (Å²) in [6.07, 6.45) is 6.42. The van der Waals surface area contributed by atoms with Crippen molar-refractivity contribution in [1.82, 2.24) is 0 Å². The van der Waals surface area contributed by atoms with Gasteiger partial charge in [-0.3, -0.25) is 0 Å². The van der Waals surface area contributed by atoms with E-state index in [9.17, 15) is 4.79 Å². The Balaban J connectivity index is 1.92. The Morgan fingerprint density at radius 2 is 1.58 bits per heavy atom. The van der Waals surface area contributed by atoms with Crippen LogP contribution in [-0.4, -0.2) is 45.6 Å². The molecule has 0 bridgehead atoms. The number of ether oxygens (including phenoxy) is 4. The molecule has 0 aliphatic carbocycles. The molecule has 0 aliphatic rings. The van der Waals surface area contributed by atoms with Crippen molar-refractivity contribution in [2.24, 2.45) is 0 Å². The molecule has 5 heteroatoms. The minimum Gasteiger partial charge on any atom is -0.499 e. The maximum Gasteiger partial charge on any atom is 0.338 e. The zero-order chi connectivity index (χ0) is 18.9. The van der Waals surface area contributed by atoms with Crippen molar-refractivity contribution in [3.8, 4) is 0 Å². The molecule has 0 N–H and O–H groups in total. The van der Waals surface area contributed by atoms with Gasteiger partial charge in [-0.1, -0.05) is 38.5 Å². The van der Waals surface area contributed by atoms with Crippen molar-refractivity contribution in [3.05, 3.63) is 47.7 Å². The molecule has 0 heterocycles. The highest BCUT2D eigenvalue weighted by molar-refractivity contribution is 5.89. The summed E-state index contributed by atoms with van der Waals surface area (Å²) in [7, 11) is 0. The highest BCUT2D eigenvalue weighted by Crippen LogP contribution is 2.10. The van der Waals surface area contributed by atoms with E-state index in [0.717, 1.165) is 12.8 Å². The van der Waals surface area contributed by atoms with E-state index in [2.05, 4.69) is 13.8 Å². The highest BCUT2D eigenvalue weighted by atomic mass is 16.6. The first-order valence-electron chi connectivity index (χ1n) is 9.45. The molecule has 0 aromatic heterocycles. The van der Waals surface area contributed by atoms with Gasteiger partial charge in [0.2, 0.25) is 0 Å². The van der Waals surface area contributed by atoms with E-state index in [1.165, 1.54) is 18.4 Å². The predicted octanol–water partition coefficient (Wildman–Crippen LogP) is 4.38. The number of hydrogen-bond donors (Lipinski definition) is 0. The molecule has 1 rings (SSSR count). The number of unbranched alkanes of at least 4 members (excludes halogenated alkanes) is 1. The van der Waals surface area contributed by atoms with Gasteiger partial charge in [-0.25, -0.2) is 4.79 Å². The Kier molecular flexibility index (Phi) is 13.2. The Bertz CT molecular complexity index is 498. The van der Waals surface area contributed by atoms with Gasteiger partial charge in [0, 0.05) is 0 Å². The molecule has 5 nitrogen and oxygen atoms in total. The minimum absolute atomic E-state index is 0.235. The van der Waals surface area contributed by atoms with Crippen molar-refractivity contribution in [2.45, 2.75) is 39.5 Å². The Morgan fingerprint density at radius 1 is 0.923 bits per heavy atom. The lowest BCUT2D eigenvalue weighted by atomic mass is 10.1. The van der Waals surface area contributed by atoms with Crippen LogP contribution in [0.3, 0.4) is 0 Å². The topological polar surface area (TPSA) is 54.0 Å². The zero-order valence-electron chi connectivity index (χ0n) is 16.1. The molecular formula is C21H32O5. The number of carbonyl (C=O) groups excluding carboxylic acids is 1. The second-order valence-corrected chi connectivity index (χ2v) is 5.83. The van der Waals surface area contributed by atoms with Crippen LogP contribution in [0.1, 0.15) is 49.9 Å². The third-order valence-electron chi connectivity index (χ3n) is 3.74. The molecule has 26 heavy (non-hydrogen) atoms. The summed E-state index contributed by atoms with van der Waals surface area (Å²) >= 11 is 0. The Hall–Kier alpha value is -1.85. The van der Waals surface area contributed by atoms with Crippen LogP contribution in [0.25, 0.3) is 0 Å². The van der Waals surface area contributed by atoms with Crippen LogP contribution < -0.4 is 0 Å². The van der Waals surface area contributed by atoms with Crippen molar-refractivity contribution < 1.29 is 23.7 Å². The van der Waals surface area contributed by atoms with Crippen LogP contribution in [0, 0.1) is 0 Å². The fourth-order valence-corrected chi connectivity index (χ4v) is 2.18. The molecule has 0 atom stereocenters. The van der Waals surface area contributed by atoms with E-state index >= 15 is 0 Å². The SMILES string of the molecule is CCCCC(=COCCOCCOCCOC(=O)c1ccccc1)CC. The summed E-state index contributed by atoms with van der Waals surface area (Å²) in [5.41, 5.74) is 1.89. The second kappa shape index (κ2) is 15.4. The van der Waals surface area contributed by atoms with Gasteiger partial charge in [-0.15, -0.1) is 0 Å². The van der Waals surface area contributed by atoms with E-state index in [1.54, 1.807) is 24.3 Å². The molecule has 0 fully saturated rings. The van der Waals surface area contributed by atoms with E-state index in [0.29, 0.717) is 38.6 Å². The van der Waals surface area contributed by atoms with Crippen molar-refractivity contribution in [1.29, 1.82) is 0 Å². The minimum atomic E-state index is -0.332. The van der Waals surface area contributed by atoms with Gasteiger partial charge in [-0.05, 0) is 37.0 Å². The van der Waals surface area contributed by atoms with Crippen LogP contribution in [-0.2, 0) is 18.9 Å². The second-order valence-electron chi connectivity index (χ2n) is 5.83. The summed E-state index contributed by atoms with van der Waals surface area (Å²) in [6.45, 7) is 6.98. The molecule has 0 unspecified atom stereocenters. The summed E-state index contributed by atoms with van der Waals surface area (Å²) in [4.78, 5) is 11.7. The summed E-state index contributed by atoms with van der Waals surface area (Å²) in [6, 6.07) is 8.91. The Morgan fingerprint density at radius 3 is 2.23 bits per heavy atom. The molecule has 0 amide bonds. The van der Waals surface area contributed by atoms with Gasteiger partial charge in [0.15, 0.2) is 0 Å². The number of carbonyl (C=O) groups is 1. The molecule has 0 saturated carbocycles. The van der Waals surface area contributed by atoms with Crippen molar-refractivity contribution in [2.75, 3.05) is 39.6 Å². The maximum atomic E-state index is 11.7. The van der Waals surface area contributed by atoms with Crippen molar-refractivity contribution in [3.63, 3.8) is 0 Å². The lowest BCUT2D eigenvalue weighted by molar-refractivity contribution is 0.00811. The van der Waals surface area contributed by atoms with Crippen LogP contribution in [0.4, 0.5) is 0 Å². The standard InChI is InChI=1S/C21H32O5/c1-3-5-9-19(4-2)18-25-15-14-23-12-13-24-16-17-26-21(22)20-10-7-6-8-11-20/h6-8,10-11,18H,3-5,9,12-17H2,1-2H3. The van der Waals surface area contributed by atoms with Gasteiger partial charge in [-0.2, -0.15) is 0 Å². The average Bonchev–Trinajstić information content (AvgIpc) is 2.68. The lowest BCUT2D eigenvalue weighted by Crippen LogP contribution is -2.13. The normalized spacial score (nSPS) is 11.4. The van der Waals surface area contributed by atoms with Gasteiger partial charge in [0.1, 0.15) is 13.2 Å². The quantitative estimate of drug-likeness (QED) is 0.263. The third kappa shape index (κ3) is 10.9. The van der Waals surface area contributed by atoms with E-state index < -0.39 is 0 Å². The lowest BCUT2D eigenvalue weighted by Gasteiger charge is -2.08. The van der Waals surface area contributed by atoms with Crippen LogP contribution in [0.2, 0.25) is 0 Å². The average molecular weight is 364 g/mol. The molecule has 1 aromatic carbocycles. The molecule has 0 saturated heterocycles. The smallest absolute Gasteiger partial charge is 0.338 e. The number of allylic oxidation sites excluding steroid dienone is 1. The number of esters is 1.